The highest BCUT2D eigenvalue weighted by atomic mass is 16.5. The molecule has 0 aromatic heterocycles. The second-order valence-electron chi connectivity index (χ2n) is 7.88. The van der Waals surface area contributed by atoms with Gasteiger partial charge < -0.3 is 14.5 Å². The van der Waals surface area contributed by atoms with Crippen molar-refractivity contribution in [3.63, 3.8) is 0 Å². The maximum absolute atomic E-state index is 13.5. The van der Waals surface area contributed by atoms with Gasteiger partial charge >= 0.3 is 0 Å². The first-order valence-corrected chi connectivity index (χ1v) is 10.2. The van der Waals surface area contributed by atoms with Crippen LogP contribution in [-0.4, -0.2) is 62.0 Å². The number of carbonyl (C=O) groups is 2. The normalized spacial score (nSPS) is 18.3. The molecule has 1 fully saturated rings. The molecular weight excluding hydrogens is 378 g/mol. The number of hydrogen-bond acceptors (Lipinski definition) is 5. The largest absolute Gasteiger partial charge is 0.497 e. The predicted octanol–water partition coefficient (Wildman–Crippen LogP) is 3.01. The number of hydrogen-bond donors (Lipinski definition) is 0. The van der Waals surface area contributed by atoms with Crippen LogP contribution in [0.25, 0.3) is 5.57 Å². The number of imide groups is 1. The standard InChI is InChI=1S/C24H27N3O3/c1-25-15-13-18(14-16-25)26(2)22-21(17-9-11-20(30-3)12-10-17)23(28)27(24(22)29)19-7-5-4-6-8-19/h4-12,18H,13-16H2,1-3H3. The topological polar surface area (TPSA) is 53.1 Å². The van der Waals surface area contributed by atoms with E-state index in [9.17, 15) is 9.59 Å². The molecule has 2 amide bonds. The molecule has 0 unspecified atom stereocenters. The van der Waals surface area contributed by atoms with Crippen LogP contribution in [0.5, 0.6) is 5.75 Å². The molecule has 6 heteroatoms. The van der Waals surface area contributed by atoms with Gasteiger partial charge in [0.15, 0.2) is 0 Å². The van der Waals surface area contributed by atoms with Crippen molar-refractivity contribution in [1.82, 2.24) is 9.80 Å². The molecule has 0 aliphatic carbocycles. The number of methoxy groups -OCH3 is 1. The fourth-order valence-corrected chi connectivity index (χ4v) is 4.24. The summed E-state index contributed by atoms with van der Waals surface area (Å²) in [5.74, 6) is 0.158. The summed E-state index contributed by atoms with van der Waals surface area (Å²) >= 11 is 0. The van der Waals surface area contributed by atoms with Crippen molar-refractivity contribution in [2.75, 3.05) is 39.2 Å². The van der Waals surface area contributed by atoms with E-state index in [-0.39, 0.29) is 17.9 Å². The molecule has 0 bridgehead atoms. The number of carbonyl (C=O) groups excluding carboxylic acids is 2. The summed E-state index contributed by atoms with van der Waals surface area (Å²) < 4.78 is 5.26. The lowest BCUT2D eigenvalue weighted by Gasteiger charge is -2.36. The second kappa shape index (κ2) is 8.32. The van der Waals surface area contributed by atoms with E-state index in [1.807, 2.05) is 54.4 Å². The maximum atomic E-state index is 13.5. The summed E-state index contributed by atoms with van der Waals surface area (Å²) in [5, 5.41) is 0. The number of piperidine rings is 1. The quantitative estimate of drug-likeness (QED) is 0.716. The average Bonchev–Trinajstić information content (AvgIpc) is 3.04. The van der Waals surface area contributed by atoms with E-state index in [2.05, 4.69) is 11.9 Å². The van der Waals surface area contributed by atoms with Gasteiger partial charge in [0.25, 0.3) is 11.8 Å². The van der Waals surface area contributed by atoms with Crippen LogP contribution in [0.1, 0.15) is 18.4 Å². The van der Waals surface area contributed by atoms with Crippen LogP contribution in [-0.2, 0) is 9.59 Å². The third-order valence-electron chi connectivity index (χ3n) is 6.04. The zero-order valence-corrected chi connectivity index (χ0v) is 17.7. The fraction of sp³-hybridized carbons (Fsp3) is 0.333. The minimum atomic E-state index is -0.286. The smallest absolute Gasteiger partial charge is 0.282 e. The van der Waals surface area contributed by atoms with Gasteiger partial charge in [-0.2, -0.15) is 0 Å². The maximum Gasteiger partial charge on any atom is 0.282 e. The highest BCUT2D eigenvalue weighted by molar-refractivity contribution is 6.45. The van der Waals surface area contributed by atoms with Crippen molar-refractivity contribution < 1.29 is 14.3 Å². The average molecular weight is 405 g/mol. The number of anilines is 1. The first-order valence-electron chi connectivity index (χ1n) is 10.2. The van der Waals surface area contributed by atoms with Crippen LogP contribution in [0.4, 0.5) is 5.69 Å². The number of nitrogens with zero attached hydrogens (tertiary/aromatic N) is 3. The van der Waals surface area contributed by atoms with E-state index in [1.54, 1.807) is 19.2 Å². The van der Waals surface area contributed by atoms with Gasteiger partial charge in [-0.15, -0.1) is 0 Å². The Morgan fingerprint density at radius 2 is 1.57 bits per heavy atom. The number of ether oxygens (including phenoxy) is 1. The van der Waals surface area contributed by atoms with Crippen LogP contribution < -0.4 is 9.64 Å². The van der Waals surface area contributed by atoms with Gasteiger partial charge in [0.1, 0.15) is 11.4 Å². The zero-order chi connectivity index (χ0) is 21.3. The lowest BCUT2D eigenvalue weighted by atomic mass is 10.00. The van der Waals surface area contributed by atoms with Gasteiger partial charge in [0.2, 0.25) is 0 Å². The molecule has 0 atom stereocenters. The summed E-state index contributed by atoms with van der Waals surface area (Å²) in [5.41, 5.74) is 2.24. The molecule has 1 saturated heterocycles. The number of benzene rings is 2. The van der Waals surface area contributed by atoms with E-state index in [0.29, 0.717) is 22.7 Å². The second-order valence-corrected chi connectivity index (χ2v) is 7.88. The van der Waals surface area contributed by atoms with E-state index in [1.165, 1.54) is 4.90 Å². The van der Waals surface area contributed by atoms with Crippen molar-refractivity contribution in [1.29, 1.82) is 0 Å². The van der Waals surface area contributed by atoms with Gasteiger partial charge in [-0.05, 0) is 62.8 Å². The molecule has 2 aliphatic heterocycles. The van der Waals surface area contributed by atoms with Crippen LogP contribution in [0.2, 0.25) is 0 Å². The fourth-order valence-electron chi connectivity index (χ4n) is 4.24. The minimum Gasteiger partial charge on any atom is -0.497 e. The summed E-state index contributed by atoms with van der Waals surface area (Å²) in [4.78, 5) is 32.7. The zero-order valence-electron chi connectivity index (χ0n) is 17.7. The van der Waals surface area contributed by atoms with Crippen molar-refractivity contribution >= 4 is 23.1 Å². The monoisotopic (exact) mass is 405 g/mol. The van der Waals surface area contributed by atoms with Gasteiger partial charge in [-0.25, -0.2) is 4.90 Å². The van der Waals surface area contributed by atoms with Gasteiger partial charge in [0.05, 0.1) is 18.4 Å². The molecule has 2 aliphatic rings. The molecule has 0 radical (unpaired) electrons. The van der Waals surface area contributed by atoms with Crippen molar-refractivity contribution in [2.24, 2.45) is 0 Å². The molecule has 2 aromatic rings. The summed E-state index contributed by atoms with van der Waals surface area (Å²) in [7, 11) is 5.66. The molecule has 0 saturated carbocycles. The first-order chi connectivity index (χ1) is 14.5. The van der Waals surface area contributed by atoms with Crippen LogP contribution in [0, 0.1) is 0 Å². The van der Waals surface area contributed by atoms with Gasteiger partial charge in [0, 0.05) is 13.1 Å². The number of likely N-dealkylation sites (tertiary alicyclic amines) is 1. The Labute approximate surface area is 177 Å². The van der Waals surface area contributed by atoms with E-state index < -0.39 is 0 Å². The van der Waals surface area contributed by atoms with Gasteiger partial charge in [-0.3, -0.25) is 9.59 Å². The highest BCUT2D eigenvalue weighted by Crippen LogP contribution is 2.36. The highest BCUT2D eigenvalue weighted by Gasteiger charge is 2.43. The molecule has 30 heavy (non-hydrogen) atoms. The number of rotatable bonds is 5. The molecule has 0 spiro atoms. The SMILES string of the molecule is COc1ccc(C2=C(N(C)C3CCN(C)CC3)C(=O)N(c3ccccc3)C2=O)cc1. The third-order valence-corrected chi connectivity index (χ3v) is 6.04. The van der Waals surface area contributed by atoms with Crippen molar-refractivity contribution in [3.05, 3.63) is 65.9 Å². The van der Waals surface area contributed by atoms with Crippen molar-refractivity contribution in [2.45, 2.75) is 18.9 Å². The molecule has 6 nitrogen and oxygen atoms in total. The lowest BCUT2D eigenvalue weighted by molar-refractivity contribution is -0.120. The Balaban J connectivity index is 1.77. The van der Waals surface area contributed by atoms with E-state index >= 15 is 0 Å². The van der Waals surface area contributed by atoms with Crippen molar-refractivity contribution in [3.8, 4) is 5.75 Å². The Morgan fingerprint density at radius 3 is 2.17 bits per heavy atom. The lowest BCUT2D eigenvalue weighted by Crippen LogP contribution is -2.43. The van der Waals surface area contributed by atoms with E-state index in [4.69, 9.17) is 4.74 Å². The number of likely N-dealkylation sites (N-methyl/N-ethyl adjacent to an activating group) is 1. The summed E-state index contributed by atoms with van der Waals surface area (Å²) in [6.45, 7) is 1.95. The Hall–Kier alpha value is -3.12. The van der Waals surface area contributed by atoms with Crippen LogP contribution in [0.3, 0.4) is 0 Å². The van der Waals surface area contributed by atoms with Crippen LogP contribution in [0.15, 0.2) is 60.3 Å². The summed E-state index contributed by atoms with van der Waals surface area (Å²) in [6.07, 6.45) is 1.92. The summed E-state index contributed by atoms with van der Waals surface area (Å²) in [6, 6.07) is 16.7. The molecule has 2 heterocycles. The van der Waals surface area contributed by atoms with Crippen LogP contribution >= 0.6 is 0 Å². The van der Waals surface area contributed by atoms with Gasteiger partial charge in [-0.1, -0.05) is 30.3 Å². The first kappa shape index (κ1) is 20.2. The number of amides is 2. The number of para-hydroxylation sites is 1. The molecule has 2 aromatic carbocycles. The Bertz CT molecular complexity index is 961. The van der Waals surface area contributed by atoms with E-state index in [0.717, 1.165) is 31.5 Å². The Kier molecular flexibility index (Phi) is 5.59. The minimum absolute atomic E-state index is 0.219. The molecular formula is C24H27N3O3. The third kappa shape index (κ3) is 3.59. The predicted molar refractivity (Wildman–Crippen MR) is 117 cm³/mol. The molecule has 156 valence electrons. The molecule has 4 rings (SSSR count). The molecule has 0 N–H and O–H groups in total. The Morgan fingerprint density at radius 1 is 0.933 bits per heavy atom.